The number of benzene rings is 1. The first-order valence-corrected chi connectivity index (χ1v) is 6.76. The van der Waals surface area contributed by atoms with Crippen molar-refractivity contribution in [2.75, 3.05) is 11.9 Å². The number of carboxylic acid groups (broad SMARTS) is 1. The highest BCUT2D eigenvalue weighted by Crippen LogP contribution is 2.22. The predicted molar refractivity (Wildman–Crippen MR) is 74.9 cm³/mol. The minimum absolute atomic E-state index is 0.324. The van der Waals surface area contributed by atoms with E-state index in [4.69, 9.17) is 16.7 Å². The molecule has 1 heterocycles. The van der Waals surface area contributed by atoms with Gasteiger partial charge in [0.25, 0.3) is 0 Å². The zero-order valence-electron chi connectivity index (χ0n) is 9.82. The third-order valence-corrected chi connectivity index (χ3v) is 3.82. The van der Waals surface area contributed by atoms with Gasteiger partial charge in [-0.25, -0.2) is 9.18 Å². The molecule has 19 heavy (non-hydrogen) atoms. The molecule has 6 heteroatoms. The Hall–Kier alpha value is -1.59. The Morgan fingerprint density at radius 3 is 2.74 bits per heavy atom. The van der Waals surface area contributed by atoms with Gasteiger partial charge in [-0.05, 0) is 36.8 Å². The number of carboxylic acids is 1. The monoisotopic (exact) mass is 299 g/mol. The van der Waals surface area contributed by atoms with Gasteiger partial charge in [-0.2, -0.15) is 0 Å². The number of hydrogen-bond acceptors (Lipinski definition) is 3. The van der Waals surface area contributed by atoms with Gasteiger partial charge in [-0.3, -0.25) is 0 Å². The first-order chi connectivity index (χ1) is 9.06. The van der Waals surface area contributed by atoms with Gasteiger partial charge in [0.05, 0.1) is 9.90 Å². The zero-order valence-corrected chi connectivity index (χ0v) is 11.4. The third kappa shape index (κ3) is 3.68. The molecule has 0 unspecified atom stereocenters. The summed E-state index contributed by atoms with van der Waals surface area (Å²) in [7, 11) is 0. The maximum absolute atomic E-state index is 13.4. The van der Waals surface area contributed by atoms with E-state index in [9.17, 15) is 9.18 Å². The molecule has 0 aliphatic heterocycles. The van der Waals surface area contributed by atoms with Gasteiger partial charge in [0, 0.05) is 17.1 Å². The summed E-state index contributed by atoms with van der Waals surface area (Å²) in [6.07, 6.45) is 0.777. The Kier molecular flexibility index (Phi) is 4.39. The van der Waals surface area contributed by atoms with Crippen LogP contribution in [0.4, 0.5) is 10.1 Å². The maximum atomic E-state index is 13.4. The second kappa shape index (κ2) is 6.04. The molecule has 0 spiro atoms. The summed E-state index contributed by atoms with van der Waals surface area (Å²) >= 11 is 7.32. The summed E-state index contributed by atoms with van der Waals surface area (Å²) in [6.45, 7) is 0.628. The van der Waals surface area contributed by atoms with Crippen LogP contribution in [0.1, 0.15) is 15.2 Å². The summed E-state index contributed by atoms with van der Waals surface area (Å²) in [5, 5.41) is 11.8. The van der Waals surface area contributed by atoms with E-state index in [0.29, 0.717) is 12.2 Å². The van der Waals surface area contributed by atoms with Gasteiger partial charge in [0.15, 0.2) is 0 Å². The SMILES string of the molecule is O=C(O)c1ccc(NCCc2ccc(Cl)s2)cc1F. The van der Waals surface area contributed by atoms with Gasteiger partial charge in [0.1, 0.15) is 5.82 Å². The van der Waals surface area contributed by atoms with Crippen LogP contribution in [-0.2, 0) is 6.42 Å². The van der Waals surface area contributed by atoms with Crippen molar-refractivity contribution in [3.05, 3.63) is 50.9 Å². The number of anilines is 1. The standard InChI is InChI=1S/C13H11ClFNO2S/c14-12-4-2-9(19-12)5-6-16-8-1-3-10(13(17)18)11(15)7-8/h1-4,7,16H,5-6H2,(H,17,18). The summed E-state index contributed by atoms with van der Waals surface area (Å²) in [5.74, 6) is -2.01. The Bertz CT molecular complexity index is 600. The van der Waals surface area contributed by atoms with E-state index >= 15 is 0 Å². The molecule has 0 saturated carbocycles. The van der Waals surface area contributed by atoms with E-state index in [1.807, 2.05) is 12.1 Å². The van der Waals surface area contributed by atoms with Crippen LogP contribution in [0.15, 0.2) is 30.3 Å². The number of hydrogen-bond donors (Lipinski definition) is 2. The van der Waals surface area contributed by atoms with Crippen molar-refractivity contribution in [2.45, 2.75) is 6.42 Å². The van der Waals surface area contributed by atoms with E-state index in [-0.39, 0.29) is 5.56 Å². The summed E-state index contributed by atoms with van der Waals surface area (Å²) < 4.78 is 14.2. The number of nitrogens with one attached hydrogen (secondary N) is 1. The first-order valence-electron chi connectivity index (χ1n) is 5.57. The molecule has 3 nitrogen and oxygen atoms in total. The lowest BCUT2D eigenvalue weighted by molar-refractivity contribution is 0.0692. The van der Waals surface area contributed by atoms with Crippen molar-refractivity contribution in [1.29, 1.82) is 0 Å². The van der Waals surface area contributed by atoms with Crippen LogP contribution in [-0.4, -0.2) is 17.6 Å². The van der Waals surface area contributed by atoms with Crippen molar-refractivity contribution >= 4 is 34.6 Å². The van der Waals surface area contributed by atoms with E-state index < -0.39 is 11.8 Å². The summed E-state index contributed by atoms with van der Waals surface area (Å²) in [5.41, 5.74) is 0.237. The molecule has 0 bridgehead atoms. The smallest absolute Gasteiger partial charge is 0.338 e. The number of thiophene rings is 1. The second-order valence-corrected chi connectivity index (χ2v) is 5.68. The molecule has 2 N–H and O–H groups in total. The highest BCUT2D eigenvalue weighted by atomic mass is 35.5. The Morgan fingerprint density at radius 2 is 2.16 bits per heavy atom. The molecular formula is C13H11ClFNO2S. The van der Waals surface area contributed by atoms with Crippen LogP contribution >= 0.6 is 22.9 Å². The summed E-state index contributed by atoms with van der Waals surface area (Å²) in [6, 6.07) is 7.77. The van der Waals surface area contributed by atoms with Crippen LogP contribution in [0.25, 0.3) is 0 Å². The minimum atomic E-state index is -1.27. The number of halogens is 2. The zero-order chi connectivity index (χ0) is 13.8. The predicted octanol–water partition coefficient (Wildman–Crippen LogP) is 3.89. The highest BCUT2D eigenvalue weighted by Gasteiger charge is 2.10. The molecule has 2 rings (SSSR count). The Balaban J connectivity index is 1.93. The fourth-order valence-corrected chi connectivity index (χ4v) is 2.70. The largest absolute Gasteiger partial charge is 0.478 e. The number of aromatic carboxylic acids is 1. The summed E-state index contributed by atoms with van der Waals surface area (Å²) in [4.78, 5) is 11.8. The van der Waals surface area contributed by atoms with E-state index in [0.717, 1.165) is 15.6 Å². The molecular weight excluding hydrogens is 289 g/mol. The van der Waals surface area contributed by atoms with Crippen molar-refractivity contribution in [1.82, 2.24) is 0 Å². The second-order valence-electron chi connectivity index (χ2n) is 3.88. The van der Waals surface area contributed by atoms with Gasteiger partial charge in [-0.1, -0.05) is 11.6 Å². The average molecular weight is 300 g/mol. The van der Waals surface area contributed by atoms with Crippen LogP contribution in [0, 0.1) is 5.82 Å². The van der Waals surface area contributed by atoms with E-state index in [2.05, 4.69) is 5.32 Å². The van der Waals surface area contributed by atoms with Crippen LogP contribution in [0.2, 0.25) is 4.34 Å². The number of rotatable bonds is 5. The fraction of sp³-hybridized carbons (Fsp3) is 0.154. The molecule has 2 aromatic rings. The lowest BCUT2D eigenvalue weighted by atomic mass is 10.2. The van der Waals surface area contributed by atoms with Crippen LogP contribution in [0.3, 0.4) is 0 Å². The molecule has 0 amide bonds. The molecule has 0 aliphatic rings. The third-order valence-electron chi connectivity index (χ3n) is 2.53. The molecule has 1 aromatic heterocycles. The van der Waals surface area contributed by atoms with Crippen molar-refractivity contribution in [2.24, 2.45) is 0 Å². The number of carbonyl (C=O) groups is 1. The molecule has 1 aromatic carbocycles. The van der Waals surface area contributed by atoms with Gasteiger partial charge in [-0.15, -0.1) is 11.3 Å². The van der Waals surface area contributed by atoms with E-state index in [1.165, 1.54) is 23.5 Å². The minimum Gasteiger partial charge on any atom is -0.478 e. The van der Waals surface area contributed by atoms with Crippen molar-refractivity contribution in [3.8, 4) is 0 Å². The van der Waals surface area contributed by atoms with Crippen LogP contribution < -0.4 is 5.32 Å². The lowest BCUT2D eigenvalue weighted by Crippen LogP contribution is -2.06. The Morgan fingerprint density at radius 1 is 1.37 bits per heavy atom. The van der Waals surface area contributed by atoms with Gasteiger partial charge < -0.3 is 10.4 Å². The normalized spacial score (nSPS) is 10.4. The molecule has 0 aliphatic carbocycles. The molecule has 0 radical (unpaired) electrons. The Labute approximate surface area is 118 Å². The van der Waals surface area contributed by atoms with Crippen LogP contribution in [0.5, 0.6) is 0 Å². The average Bonchev–Trinajstić information content (AvgIpc) is 2.75. The molecule has 0 fully saturated rings. The quantitative estimate of drug-likeness (QED) is 0.880. The van der Waals surface area contributed by atoms with Gasteiger partial charge in [0.2, 0.25) is 0 Å². The fourth-order valence-electron chi connectivity index (χ4n) is 1.61. The topological polar surface area (TPSA) is 49.3 Å². The van der Waals surface area contributed by atoms with E-state index in [1.54, 1.807) is 6.07 Å². The maximum Gasteiger partial charge on any atom is 0.338 e. The van der Waals surface area contributed by atoms with Crippen molar-refractivity contribution in [3.63, 3.8) is 0 Å². The molecule has 0 saturated heterocycles. The highest BCUT2D eigenvalue weighted by molar-refractivity contribution is 7.16. The molecule has 100 valence electrons. The molecule has 0 atom stereocenters. The van der Waals surface area contributed by atoms with Crippen molar-refractivity contribution < 1.29 is 14.3 Å². The van der Waals surface area contributed by atoms with Gasteiger partial charge >= 0.3 is 5.97 Å². The first kappa shape index (κ1) is 13.8. The lowest BCUT2D eigenvalue weighted by Gasteiger charge is -2.06.